The lowest BCUT2D eigenvalue weighted by molar-refractivity contribution is -0.171. The van der Waals surface area contributed by atoms with Crippen LogP contribution < -0.4 is 10.2 Å². The number of fused-ring (bicyclic) bond motifs is 1. The van der Waals surface area contributed by atoms with E-state index in [0.717, 1.165) is 32.1 Å². The number of carbonyl (C=O) groups excluding carboxylic acids is 3. The summed E-state index contributed by atoms with van der Waals surface area (Å²) in [5.74, 6) is 0.0265. The predicted molar refractivity (Wildman–Crippen MR) is 104 cm³/mol. The predicted octanol–water partition coefficient (Wildman–Crippen LogP) is 3.09. The Balaban J connectivity index is 1.29. The molecular formula is C21H23ClN2O4. The van der Waals surface area contributed by atoms with Crippen LogP contribution in [0.1, 0.15) is 38.5 Å². The molecule has 5 aliphatic rings. The summed E-state index contributed by atoms with van der Waals surface area (Å²) in [6.07, 6.45) is 5.41. The van der Waals surface area contributed by atoms with Crippen molar-refractivity contribution < 1.29 is 19.1 Å². The van der Waals surface area contributed by atoms with E-state index in [4.69, 9.17) is 16.3 Å². The number of ether oxygens (including phenoxy) is 1. The number of esters is 1. The number of halogens is 1. The Hall–Kier alpha value is -2.08. The van der Waals surface area contributed by atoms with Crippen molar-refractivity contribution >= 4 is 40.8 Å². The SMILES string of the molecule is O=C1CN(C(=O)COC(=O)C23C[C@@H]4C[C@@H](CC(Cl)(C4)C2)C3)c2ccccc2N1. The van der Waals surface area contributed by atoms with Gasteiger partial charge in [0.05, 0.1) is 16.8 Å². The van der Waals surface area contributed by atoms with Crippen molar-refractivity contribution in [2.24, 2.45) is 17.3 Å². The van der Waals surface area contributed by atoms with Gasteiger partial charge in [-0.3, -0.25) is 19.3 Å². The van der Waals surface area contributed by atoms with Crippen LogP contribution in [0.2, 0.25) is 0 Å². The maximum Gasteiger partial charge on any atom is 0.312 e. The third-order valence-corrected chi connectivity index (χ3v) is 7.26. The number of anilines is 2. The average Bonchev–Trinajstić information content (AvgIpc) is 2.63. The highest BCUT2D eigenvalue weighted by molar-refractivity contribution is 6.24. The molecule has 2 amide bonds. The van der Waals surface area contributed by atoms with E-state index in [-0.39, 0.29) is 35.8 Å². The van der Waals surface area contributed by atoms with Crippen molar-refractivity contribution in [2.45, 2.75) is 43.4 Å². The minimum atomic E-state index is -0.538. The number of amides is 2. The Bertz CT molecular complexity index is 856. The third-order valence-electron chi connectivity index (χ3n) is 6.82. The van der Waals surface area contributed by atoms with Gasteiger partial charge in [0.1, 0.15) is 6.54 Å². The van der Waals surface area contributed by atoms with Gasteiger partial charge in [-0.2, -0.15) is 0 Å². The summed E-state index contributed by atoms with van der Waals surface area (Å²) in [6, 6.07) is 7.11. The van der Waals surface area contributed by atoms with Gasteiger partial charge in [-0.25, -0.2) is 0 Å². The van der Waals surface area contributed by atoms with Gasteiger partial charge in [0.2, 0.25) is 5.91 Å². The second-order valence-corrected chi connectivity index (χ2v) is 9.82. The molecule has 2 unspecified atom stereocenters. The van der Waals surface area contributed by atoms with E-state index in [9.17, 15) is 14.4 Å². The van der Waals surface area contributed by atoms with Crippen molar-refractivity contribution in [1.82, 2.24) is 0 Å². The summed E-state index contributed by atoms with van der Waals surface area (Å²) in [6.45, 7) is -0.430. The van der Waals surface area contributed by atoms with Crippen LogP contribution in [0.15, 0.2) is 24.3 Å². The fourth-order valence-corrected chi connectivity index (χ4v) is 6.90. The van der Waals surface area contributed by atoms with E-state index in [1.807, 2.05) is 0 Å². The van der Waals surface area contributed by atoms with E-state index >= 15 is 0 Å². The second-order valence-electron chi connectivity index (χ2n) is 9.01. The highest BCUT2D eigenvalue weighted by Crippen LogP contribution is 2.64. The Morgan fingerprint density at radius 3 is 2.61 bits per heavy atom. The summed E-state index contributed by atoms with van der Waals surface area (Å²) < 4.78 is 5.52. The van der Waals surface area contributed by atoms with E-state index in [2.05, 4.69) is 5.32 Å². The zero-order valence-corrected chi connectivity index (χ0v) is 16.3. The molecule has 28 heavy (non-hydrogen) atoms. The highest BCUT2D eigenvalue weighted by Gasteiger charge is 2.60. The largest absolute Gasteiger partial charge is 0.455 e. The number of para-hydroxylation sites is 2. The van der Waals surface area contributed by atoms with Crippen molar-refractivity contribution in [1.29, 1.82) is 0 Å². The molecule has 4 bridgehead atoms. The van der Waals surface area contributed by atoms with E-state index < -0.39 is 5.41 Å². The molecule has 4 fully saturated rings. The number of rotatable bonds is 3. The molecule has 6 rings (SSSR count). The van der Waals surface area contributed by atoms with Gasteiger partial charge >= 0.3 is 5.97 Å². The zero-order valence-electron chi connectivity index (χ0n) is 15.6. The van der Waals surface area contributed by atoms with Crippen LogP contribution in [0.4, 0.5) is 11.4 Å². The van der Waals surface area contributed by atoms with Crippen LogP contribution in [0.25, 0.3) is 0 Å². The first-order valence-corrected chi connectivity index (χ1v) is 10.3. The van der Waals surface area contributed by atoms with Crippen molar-refractivity contribution in [2.75, 3.05) is 23.4 Å². The second kappa shape index (κ2) is 6.21. The molecule has 148 valence electrons. The maximum atomic E-state index is 13.0. The molecule has 7 heteroatoms. The lowest BCUT2D eigenvalue weighted by Crippen LogP contribution is -2.56. The molecule has 0 radical (unpaired) electrons. The Kier molecular flexibility index (Phi) is 3.99. The minimum Gasteiger partial charge on any atom is -0.455 e. The average molecular weight is 403 g/mol. The zero-order chi connectivity index (χ0) is 19.5. The number of alkyl halides is 1. The highest BCUT2D eigenvalue weighted by atomic mass is 35.5. The topological polar surface area (TPSA) is 75.7 Å². The van der Waals surface area contributed by atoms with Gasteiger partial charge in [-0.05, 0) is 62.5 Å². The molecule has 1 N–H and O–H groups in total. The van der Waals surface area contributed by atoms with Gasteiger partial charge in [0, 0.05) is 4.87 Å². The number of nitrogens with one attached hydrogen (secondary N) is 1. The molecule has 4 aliphatic carbocycles. The van der Waals surface area contributed by atoms with Crippen LogP contribution in [0.3, 0.4) is 0 Å². The Morgan fingerprint density at radius 1 is 1.18 bits per heavy atom. The first-order valence-electron chi connectivity index (χ1n) is 9.91. The summed E-state index contributed by atoms with van der Waals surface area (Å²) in [5.41, 5.74) is 0.671. The standard InChI is InChI=1S/C21H23ClN2O4/c22-21-8-13-5-14(9-21)7-20(6-13,12-21)19(27)28-11-18(26)24-10-17(25)23-15-3-1-2-4-16(15)24/h1-4,13-14H,5-12H2,(H,23,25)/t13-,14+,20?,21?. The molecule has 0 saturated heterocycles. The summed E-state index contributed by atoms with van der Waals surface area (Å²) in [7, 11) is 0. The Labute approximate surface area is 168 Å². The molecule has 0 aromatic heterocycles. The van der Waals surface area contributed by atoms with Gasteiger partial charge < -0.3 is 10.1 Å². The van der Waals surface area contributed by atoms with Crippen molar-refractivity contribution in [3.05, 3.63) is 24.3 Å². The van der Waals surface area contributed by atoms with Gasteiger partial charge in [-0.1, -0.05) is 12.1 Å². The molecule has 0 spiro atoms. The monoisotopic (exact) mass is 402 g/mol. The van der Waals surface area contributed by atoms with Crippen LogP contribution in [-0.2, 0) is 19.1 Å². The fourth-order valence-electron chi connectivity index (χ4n) is 6.20. The van der Waals surface area contributed by atoms with Gasteiger partial charge in [-0.15, -0.1) is 11.6 Å². The molecule has 1 aromatic carbocycles. The maximum absolute atomic E-state index is 13.0. The normalized spacial score (nSPS) is 35.3. The minimum absolute atomic E-state index is 0.0759. The lowest BCUT2D eigenvalue weighted by atomic mass is 9.49. The number of carbonyl (C=O) groups is 3. The van der Waals surface area contributed by atoms with E-state index in [0.29, 0.717) is 29.6 Å². The lowest BCUT2D eigenvalue weighted by Gasteiger charge is -2.58. The van der Waals surface area contributed by atoms with Crippen LogP contribution in [0.5, 0.6) is 0 Å². The van der Waals surface area contributed by atoms with Gasteiger partial charge in [0.15, 0.2) is 6.61 Å². The van der Waals surface area contributed by atoms with Crippen LogP contribution in [0, 0.1) is 17.3 Å². The van der Waals surface area contributed by atoms with E-state index in [1.54, 1.807) is 24.3 Å². The molecule has 1 aliphatic heterocycles. The summed E-state index contributed by atoms with van der Waals surface area (Å²) >= 11 is 6.79. The first-order chi connectivity index (χ1) is 13.4. The molecule has 4 saturated carbocycles. The molecular weight excluding hydrogens is 380 g/mol. The number of nitrogens with zero attached hydrogens (tertiary/aromatic N) is 1. The van der Waals surface area contributed by atoms with Crippen molar-refractivity contribution in [3.8, 4) is 0 Å². The third kappa shape index (κ3) is 2.89. The molecule has 4 atom stereocenters. The summed E-state index contributed by atoms with van der Waals surface area (Å²) in [5, 5.41) is 2.75. The first kappa shape index (κ1) is 18.0. The van der Waals surface area contributed by atoms with E-state index in [1.165, 1.54) is 4.90 Å². The van der Waals surface area contributed by atoms with Crippen molar-refractivity contribution in [3.63, 3.8) is 0 Å². The summed E-state index contributed by atoms with van der Waals surface area (Å²) in [4.78, 5) is 38.8. The number of benzene rings is 1. The van der Waals surface area contributed by atoms with Crippen LogP contribution in [-0.4, -0.2) is 35.8 Å². The molecule has 1 heterocycles. The molecule has 1 aromatic rings. The number of hydrogen-bond acceptors (Lipinski definition) is 4. The van der Waals surface area contributed by atoms with Crippen LogP contribution >= 0.6 is 11.6 Å². The number of hydrogen-bond donors (Lipinski definition) is 1. The Morgan fingerprint density at radius 2 is 1.89 bits per heavy atom. The smallest absolute Gasteiger partial charge is 0.312 e. The molecule has 6 nitrogen and oxygen atoms in total. The quantitative estimate of drug-likeness (QED) is 0.622. The fraction of sp³-hybridized carbons (Fsp3) is 0.571. The van der Waals surface area contributed by atoms with Gasteiger partial charge in [0.25, 0.3) is 5.91 Å².